The third kappa shape index (κ3) is 6.07. The number of benzene rings is 3. The van der Waals surface area contributed by atoms with Gasteiger partial charge in [0, 0.05) is 53.6 Å². The number of carbonyl (C=O) groups is 1. The maximum atomic E-state index is 13.2. The fourth-order valence-corrected chi connectivity index (χ4v) is 9.33. The van der Waals surface area contributed by atoms with Crippen LogP contribution in [-0.4, -0.2) is 75.5 Å². The molecule has 49 heavy (non-hydrogen) atoms. The third-order valence-electron chi connectivity index (χ3n) is 11.4. The molecule has 1 aromatic heterocycles. The van der Waals surface area contributed by atoms with Crippen molar-refractivity contribution < 1.29 is 22.8 Å². The van der Waals surface area contributed by atoms with Crippen LogP contribution in [0.3, 0.4) is 0 Å². The summed E-state index contributed by atoms with van der Waals surface area (Å²) in [7, 11) is 0.194. The summed E-state index contributed by atoms with van der Waals surface area (Å²) < 4.78 is 34.4. The molecule has 3 aromatic carbocycles. The Labute approximate surface area is 289 Å². The van der Waals surface area contributed by atoms with Crippen molar-refractivity contribution in [2.24, 2.45) is 5.41 Å². The first-order valence-corrected chi connectivity index (χ1v) is 19.5. The molecule has 3 fully saturated rings. The van der Waals surface area contributed by atoms with E-state index in [0.29, 0.717) is 24.0 Å². The molecule has 2 saturated carbocycles. The van der Waals surface area contributed by atoms with Crippen LogP contribution in [0.15, 0.2) is 66.7 Å². The molecule has 1 N–H and O–H groups in total. The van der Waals surface area contributed by atoms with Crippen LogP contribution in [0.25, 0.3) is 22.2 Å². The summed E-state index contributed by atoms with van der Waals surface area (Å²) in [5.74, 6) is 0.956. The molecule has 0 spiro atoms. The van der Waals surface area contributed by atoms with Crippen molar-refractivity contribution in [3.05, 3.63) is 89.0 Å². The summed E-state index contributed by atoms with van der Waals surface area (Å²) in [6.07, 6.45) is 7.94. The largest absolute Gasteiger partial charge is 0.497 e. The first kappa shape index (κ1) is 32.5. The highest BCUT2D eigenvalue weighted by molar-refractivity contribution is 7.89. The Morgan fingerprint density at radius 3 is 2.55 bits per heavy atom. The van der Waals surface area contributed by atoms with Crippen molar-refractivity contribution in [2.45, 2.75) is 62.9 Å². The molecular formula is C39H46N4O5S. The van der Waals surface area contributed by atoms with Crippen LogP contribution in [0.1, 0.15) is 83.5 Å². The molecule has 1 amide bonds. The van der Waals surface area contributed by atoms with Gasteiger partial charge in [-0.3, -0.25) is 9.63 Å². The molecule has 2 aliphatic carbocycles. The maximum Gasteiger partial charge on any atom is 0.264 e. The van der Waals surface area contributed by atoms with Gasteiger partial charge in [0.05, 0.1) is 31.7 Å². The number of carbonyl (C=O) groups excluding carboxylic acids is 1. The summed E-state index contributed by atoms with van der Waals surface area (Å²) in [5.41, 5.74) is 7.54. The van der Waals surface area contributed by atoms with Crippen molar-refractivity contribution in [2.75, 3.05) is 46.7 Å². The Kier molecular flexibility index (Phi) is 8.33. The van der Waals surface area contributed by atoms with Gasteiger partial charge in [-0.25, -0.2) is 13.1 Å². The van der Waals surface area contributed by atoms with Crippen molar-refractivity contribution in [3.8, 4) is 17.0 Å². The van der Waals surface area contributed by atoms with Crippen LogP contribution in [-0.2, 0) is 21.4 Å². The summed E-state index contributed by atoms with van der Waals surface area (Å²) in [5, 5.41) is 3.35. The van der Waals surface area contributed by atoms with Crippen molar-refractivity contribution in [3.63, 3.8) is 0 Å². The Hall–Kier alpha value is -3.70. The molecule has 1 saturated heterocycles. The lowest BCUT2D eigenvalue weighted by Crippen LogP contribution is -2.47. The number of amides is 1. The lowest BCUT2D eigenvalue weighted by molar-refractivity contribution is -0.219. The fourth-order valence-electron chi connectivity index (χ4n) is 8.87. The van der Waals surface area contributed by atoms with Gasteiger partial charge in [0.15, 0.2) is 0 Å². The second kappa shape index (κ2) is 12.6. The molecular weight excluding hydrogens is 637 g/mol. The Morgan fingerprint density at radius 1 is 1.00 bits per heavy atom. The second-order valence-corrected chi connectivity index (χ2v) is 16.5. The number of rotatable bonds is 8. The molecule has 258 valence electrons. The summed E-state index contributed by atoms with van der Waals surface area (Å²) >= 11 is 0. The van der Waals surface area contributed by atoms with Gasteiger partial charge in [-0.1, -0.05) is 55.7 Å². The van der Waals surface area contributed by atoms with Gasteiger partial charge in [0.1, 0.15) is 5.75 Å². The number of piperazine rings is 1. The number of ether oxygens (including phenoxy) is 1. The zero-order chi connectivity index (χ0) is 33.9. The standard InChI is InChI=1S/C39H46N4O5S/c1-41-18-19-43(35(23-41)26-10-6-4-7-11-26)48-25-39-22-33(39)32-21-29(47-2)15-17-30(32)37-36(27-12-8-5-9-13-27)31-16-14-28(20-34(31)42(37)24-39)38(44)40-49(3,45)46/h4,6-7,10-11,14-17,20-21,27,33,35H,5,8-9,12-13,18-19,22-25H2,1-3H3,(H,40,44). The van der Waals surface area contributed by atoms with E-state index in [1.807, 2.05) is 12.1 Å². The number of sulfonamides is 1. The van der Waals surface area contributed by atoms with E-state index >= 15 is 0 Å². The highest BCUT2D eigenvalue weighted by Gasteiger charge is 2.58. The lowest BCUT2D eigenvalue weighted by Gasteiger charge is -2.40. The number of nitrogens with zero attached hydrogens (tertiary/aromatic N) is 3. The van der Waals surface area contributed by atoms with Crippen LogP contribution in [0.4, 0.5) is 0 Å². The van der Waals surface area contributed by atoms with E-state index in [2.05, 4.69) is 74.8 Å². The average Bonchev–Trinajstić information content (AvgIpc) is 3.75. The Balaban J connectivity index is 1.24. The topological polar surface area (TPSA) is 93.1 Å². The predicted molar refractivity (Wildman–Crippen MR) is 191 cm³/mol. The van der Waals surface area contributed by atoms with E-state index in [4.69, 9.17) is 9.57 Å². The summed E-state index contributed by atoms with van der Waals surface area (Å²) in [4.78, 5) is 22.4. The number of nitrogens with one attached hydrogen (secondary N) is 1. The van der Waals surface area contributed by atoms with Crippen molar-refractivity contribution in [1.82, 2.24) is 19.3 Å². The highest BCUT2D eigenvalue weighted by atomic mass is 32.2. The van der Waals surface area contributed by atoms with Crippen LogP contribution in [0.2, 0.25) is 0 Å². The summed E-state index contributed by atoms with van der Waals surface area (Å²) in [6.45, 7) is 3.98. The van der Waals surface area contributed by atoms with E-state index in [9.17, 15) is 13.2 Å². The van der Waals surface area contributed by atoms with E-state index in [0.717, 1.165) is 68.3 Å². The molecule has 3 unspecified atom stereocenters. The maximum absolute atomic E-state index is 13.2. The normalized spacial score (nSPS) is 24.5. The zero-order valence-electron chi connectivity index (χ0n) is 28.7. The molecule has 2 aliphatic heterocycles. The monoisotopic (exact) mass is 682 g/mol. The van der Waals surface area contributed by atoms with Gasteiger partial charge in [-0.15, -0.1) is 0 Å². The average molecular weight is 683 g/mol. The van der Waals surface area contributed by atoms with E-state index in [1.54, 1.807) is 13.2 Å². The second-order valence-electron chi connectivity index (χ2n) is 14.8. The minimum absolute atomic E-state index is 0.142. The molecule has 4 aromatic rings. The van der Waals surface area contributed by atoms with Gasteiger partial charge in [-0.05, 0) is 85.2 Å². The van der Waals surface area contributed by atoms with Crippen LogP contribution in [0, 0.1) is 5.41 Å². The van der Waals surface area contributed by atoms with Gasteiger partial charge in [0.25, 0.3) is 5.91 Å². The Morgan fingerprint density at radius 2 is 1.80 bits per heavy atom. The van der Waals surface area contributed by atoms with E-state index in [-0.39, 0.29) is 11.5 Å². The van der Waals surface area contributed by atoms with Gasteiger partial charge < -0.3 is 14.2 Å². The number of likely N-dealkylation sites (N-methyl/N-ethyl adjacent to an activating group) is 1. The van der Waals surface area contributed by atoms with Crippen LogP contribution in [0.5, 0.6) is 5.75 Å². The molecule has 0 radical (unpaired) electrons. The molecule has 4 aliphatic rings. The molecule has 9 nitrogen and oxygen atoms in total. The smallest absolute Gasteiger partial charge is 0.264 e. The zero-order valence-corrected chi connectivity index (χ0v) is 29.5. The summed E-state index contributed by atoms with van der Waals surface area (Å²) in [6, 6.07) is 23.0. The van der Waals surface area contributed by atoms with Crippen LogP contribution >= 0.6 is 0 Å². The lowest BCUT2D eigenvalue weighted by atomic mass is 9.81. The molecule has 3 heterocycles. The van der Waals surface area contributed by atoms with Gasteiger partial charge in [-0.2, -0.15) is 5.06 Å². The molecule has 10 heteroatoms. The number of hydrogen-bond donors (Lipinski definition) is 1. The molecule has 3 atom stereocenters. The minimum Gasteiger partial charge on any atom is -0.497 e. The van der Waals surface area contributed by atoms with Gasteiger partial charge >= 0.3 is 0 Å². The number of hydrogen-bond acceptors (Lipinski definition) is 7. The quantitative estimate of drug-likeness (QED) is 0.228. The van der Waals surface area contributed by atoms with Crippen molar-refractivity contribution >= 4 is 26.8 Å². The number of hydroxylamine groups is 2. The fraction of sp³-hybridized carbons (Fsp3) is 0.462. The third-order valence-corrected chi connectivity index (χ3v) is 12.0. The number of methoxy groups -OCH3 is 1. The first-order valence-electron chi connectivity index (χ1n) is 17.6. The minimum atomic E-state index is -3.71. The number of fused-ring (bicyclic) bond motifs is 7. The van der Waals surface area contributed by atoms with E-state index in [1.165, 1.54) is 47.2 Å². The SMILES string of the molecule is COc1ccc2c(c1)C1CC1(CON1CCN(C)CC1c1ccccc1)Cn1c-2c(C2CCCCC2)c2ccc(C(=O)NS(C)(=O)=O)cc21. The van der Waals surface area contributed by atoms with Gasteiger partial charge in [0.2, 0.25) is 10.0 Å². The molecule has 0 bridgehead atoms. The van der Waals surface area contributed by atoms with E-state index < -0.39 is 15.9 Å². The number of aromatic nitrogens is 1. The van der Waals surface area contributed by atoms with Crippen LogP contribution < -0.4 is 9.46 Å². The predicted octanol–water partition coefficient (Wildman–Crippen LogP) is 6.46. The first-order chi connectivity index (χ1) is 23.6. The molecule has 8 rings (SSSR count). The van der Waals surface area contributed by atoms with Crippen molar-refractivity contribution in [1.29, 1.82) is 0 Å². The Bertz CT molecular complexity index is 2000. The highest BCUT2D eigenvalue weighted by Crippen LogP contribution is 2.65.